The second-order valence-corrected chi connectivity index (χ2v) is 3.57. The lowest BCUT2D eigenvalue weighted by atomic mass is 10.1. The van der Waals surface area contributed by atoms with Crippen LogP contribution in [0.1, 0.15) is 26.7 Å². The number of halogens is 3. The SMILES string of the molecule is COCCC(C)NC(C)CC(F)(F)F. The van der Waals surface area contributed by atoms with Crippen molar-refractivity contribution in [3.05, 3.63) is 0 Å². The number of ether oxygens (including phenoxy) is 1. The van der Waals surface area contributed by atoms with Gasteiger partial charge in [-0.1, -0.05) is 0 Å². The van der Waals surface area contributed by atoms with E-state index in [0.29, 0.717) is 6.61 Å². The van der Waals surface area contributed by atoms with Crippen LogP contribution in [-0.2, 0) is 4.74 Å². The van der Waals surface area contributed by atoms with Gasteiger partial charge in [-0.25, -0.2) is 0 Å². The second kappa shape index (κ2) is 6.24. The Bertz CT molecular complexity index is 149. The van der Waals surface area contributed by atoms with Crippen molar-refractivity contribution in [2.24, 2.45) is 0 Å². The first-order valence-corrected chi connectivity index (χ1v) is 4.67. The van der Waals surface area contributed by atoms with Crippen molar-refractivity contribution in [3.8, 4) is 0 Å². The van der Waals surface area contributed by atoms with Crippen molar-refractivity contribution in [2.45, 2.75) is 44.9 Å². The molecule has 5 heteroatoms. The van der Waals surface area contributed by atoms with Crippen molar-refractivity contribution in [3.63, 3.8) is 0 Å². The molecule has 0 amide bonds. The first kappa shape index (κ1) is 13.7. The zero-order valence-corrected chi connectivity index (χ0v) is 8.82. The van der Waals surface area contributed by atoms with E-state index in [9.17, 15) is 13.2 Å². The van der Waals surface area contributed by atoms with E-state index in [1.165, 1.54) is 6.92 Å². The molecule has 0 aliphatic rings. The highest BCUT2D eigenvalue weighted by atomic mass is 19.4. The minimum atomic E-state index is -4.09. The Kier molecular flexibility index (Phi) is 6.11. The minimum Gasteiger partial charge on any atom is -0.385 e. The van der Waals surface area contributed by atoms with Gasteiger partial charge in [0.1, 0.15) is 0 Å². The topological polar surface area (TPSA) is 21.3 Å². The van der Waals surface area contributed by atoms with Gasteiger partial charge in [-0.05, 0) is 20.3 Å². The summed E-state index contributed by atoms with van der Waals surface area (Å²) in [4.78, 5) is 0. The summed E-state index contributed by atoms with van der Waals surface area (Å²) in [5.74, 6) is 0. The van der Waals surface area contributed by atoms with E-state index < -0.39 is 18.6 Å². The molecular formula is C9H18F3NO. The number of nitrogens with one attached hydrogen (secondary N) is 1. The van der Waals surface area contributed by atoms with Gasteiger partial charge < -0.3 is 10.1 Å². The summed E-state index contributed by atoms with van der Waals surface area (Å²) in [5, 5.41) is 2.87. The Morgan fingerprint density at radius 3 is 2.21 bits per heavy atom. The predicted octanol–water partition coefficient (Wildman–Crippen LogP) is 2.34. The molecule has 0 aromatic rings. The molecule has 0 saturated heterocycles. The van der Waals surface area contributed by atoms with Crippen LogP contribution in [0.25, 0.3) is 0 Å². The number of alkyl halides is 3. The molecule has 0 aromatic carbocycles. The highest BCUT2D eigenvalue weighted by Crippen LogP contribution is 2.21. The van der Waals surface area contributed by atoms with Crippen LogP contribution >= 0.6 is 0 Å². The maximum atomic E-state index is 11.9. The standard InChI is InChI=1S/C9H18F3NO/c1-7(4-5-14-3)13-8(2)6-9(10,11)12/h7-8,13H,4-6H2,1-3H3. The Morgan fingerprint density at radius 2 is 1.79 bits per heavy atom. The third kappa shape index (κ3) is 8.31. The monoisotopic (exact) mass is 213 g/mol. The molecule has 0 rings (SSSR count). The van der Waals surface area contributed by atoms with Crippen LogP contribution in [0.15, 0.2) is 0 Å². The zero-order chi connectivity index (χ0) is 11.2. The molecule has 2 unspecified atom stereocenters. The fourth-order valence-electron chi connectivity index (χ4n) is 1.27. The fourth-order valence-corrected chi connectivity index (χ4v) is 1.27. The lowest BCUT2D eigenvalue weighted by Gasteiger charge is -2.20. The Balaban J connectivity index is 3.65. The van der Waals surface area contributed by atoms with Crippen LogP contribution in [-0.4, -0.2) is 32.0 Å². The third-order valence-electron chi connectivity index (χ3n) is 1.86. The van der Waals surface area contributed by atoms with Gasteiger partial charge in [0.05, 0.1) is 6.42 Å². The van der Waals surface area contributed by atoms with Crippen molar-refractivity contribution in [1.29, 1.82) is 0 Å². The summed E-state index contributed by atoms with van der Waals surface area (Å²) in [7, 11) is 1.58. The van der Waals surface area contributed by atoms with Gasteiger partial charge in [0.15, 0.2) is 0 Å². The molecule has 0 aliphatic carbocycles. The highest BCUT2D eigenvalue weighted by molar-refractivity contribution is 4.70. The molecule has 0 fully saturated rings. The van der Waals surface area contributed by atoms with Gasteiger partial charge in [-0.15, -0.1) is 0 Å². The maximum absolute atomic E-state index is 11.9. The van der Waals surface area contributed by atoms with Crippen LogP contribution in [0.2, 0.25) is 0 Å². The summed E-state index contributed by atoms with van der Waals surface area (Å²) in [6.07, 6.45) is -4.16. The van der Waals surface area contributed by atoms with E-state index >= 15 is 0 Å². The van der Waals surface area contributed by atoms with Gasteiger partial charge >= 0.3 is 6.18 Å². The molecular weight excluding hydrogens is 195 g/mol. The first-order valence-electron chi connectivity index (χ1n) is 4.67. The Labute approximate surface area is 82.8 Å². The van der Waals surface area contributed by atoms with E-state index in [0.717, 1.165) is 6.42 Å². The second-order valence-electron chi connectivity index (χ2n) is 3.57. The molecule has 2 atom stereocenters. The summed E-state index contributed by atoms with van der Waals surface area (Å²) in [5.41, 5.74) is 0. The van der Waals surface area contributed by atoms with Crippen LogP contribution in [0.3, 0.4) is 0 Å². The van der Waals surface area contributed by atoms with E-state index in [-0.39, 0.29) is 6.04 Å². The van der Waals surface area contributed by atoms with E-state index in [1.54, 1.807) is 7.11 Å². The predicted molar refractivity (Wildman–Crippen MR) is 49.2 cm³/mol. The molecule has 0 heterocycles. The fraction of sp³-hybridized carbons (Fsp3) is 1.00. The van der Waals surface area contributed by atoms with Crippen molar-refractivity contribution in [1.82, 2.24) is 5.32 Å². The molecule has 1 N–H and O–H groups in total. The molecule has 14 heavy (non-hydrogen) atoms. The lowest BCUT2D eigenvalue weighted by Crippen LogP contribution is -2.38. The summed E-state index contributed by atoms with van der Waals surface area (Å²) in [6, 6.07) is -0.492. The molecule has 2 nitrogen and oxygen atoms in total. The molecule has 0 aliphatic heterocycles. The Hall–Kier alpha value is -0.290. The van der Waals surface area contributed by atoms with Crippen LogP contribution in [0, 0.1) is 0 Å². The van der Waals surface area contributed by atoms with Gasteiger partial charge in [0, 0.05) is 25.8 Å². The molecule has 0 saturated carbocycles. The largest absolute Gasteiger partial charge is 0.390 e. The molecule has 86 valence electrons. The number of rotatable bonds is 6. The van der Waals surface area contributed by atoms with Gasteiger partial charge in [-0.2, -0.15) is 13.2 Å². The molecule has 0 bridgehead atoms. The number of hydrogen-bond acceptors (Lipinski definition) is 2. The van der Waals surface area contributed by atoms with E-state index in [4.69, 9.17) is 4.74 Å². The van der Waals surface area contributed by atoms with Crippen LogP contribution in [0.5, 0.6) is 0 Å². The van der Waals surface area contributed by atoms with Crippen LogP contribution in [0.4, 0.5) is 13.2 Å². The molecule has 0 aromatic heterocycles. The molecule has 0 radical (unpaired) electrons. The molecule has 0 spiro atoms. The normalized spacial score (nSPS) is 16.7. The van der Waals surface area contributed by atoms with Crippen molar-refractivity contribution in [2.75, 3.05) is 13.7 Å². The zero-order valence-electron chi connectivity index (χ0n) is 8.82. The highest BCUT2D eigenvalue weighted by Gasteiger charge is 2.30. The van der Waals surface area contributed by atoms with Crippen LogP contribution < -0.4 is 5.32 Å². The first-order chi connectivity index (χ1) is 6.35. The average Bonchev–Trinajstić information content (AvgIpc) is 1.96. The van der Waals surface area contributed by atoms with E-state index in [2.05, 4.69) is 5.32 Å². The lowest BCUT2D eigenvalue weighted by molar-refractivity contribution is -0.139. The summed E-state index contributed by atoms with van der Waals surface area (Å²) in [6.45, 7) is 3.95. The average molecular weight is 213 g/mol. The van der Waals surface area contributed by atoms with Gasteiger partial charge in [0.25, 0.3) is 0 Å². The van der Waals surface area contributed by atoms with Crippen molar-refractivity contribution >= 4 is 0 Å². The van der Waals surface area contributed by atoms with E-state index in [1.807, 2.05) is 6.92 Å². The quantitative estimate of drug-likeness (QED) is 0.731. The summed E-state index contributed by atoms with van der Waals surface area (Å²) >= 11 is 0. The number of hydrogen-bond donors (Lipinski definition) is 1. The Morgan fingerprint density at radius 1 is 1.21 bits per heavy atom. The smallest absolute Gasteiger partial charge is 0.385 e. The maximum Gasteiger partial charge on any atom is 0.390 e. The van der Waals surface area contributed by atoms with Gasteiger partial charge in [-0.3, -0.25) is 0 Å². The van der Waals surface area contributed by atoms with Gasteiger partial charge in [0.2, 0.25) is 0 Å². The van der Waals surface area contributed by atoms with Crippen molar-refractivity contribution < 1.29 is 17.9 Å². The third-order valence-corrected chi connectivity index (χ3v) is 1.86. The minimum absolute atomic E-state index is 0.0484. The number of methoxy groups -OCH3 is 1. The summed E-state index contributed by atoms with van der Waals surface area (Å²) < 4.78 is 40.7.